The third-order valence-electron chi connectivity index (χ3n) is 5.69. The average molecular weight is 332 g/mol. The number of hydrogen-bond donors (Lipinski definition) is 0. The Balaban J connectivity index is 0.00000100. The fourth-order valence-corrected chi connectivity index (χ4v) is 3.63. The lowest BCUT2D eigenvalue weighted by molar-refractivity contribution is -0.136. The van der Waals surface area contributed by atoms with Crippen LogP contribution in [-0.2, 0) is 4.79 Å². The van der Waals surface area contributed by atoms with Gasteiger partial charge in [0.05, 0.1) is 0 Å². The maximum absolute atomic E-state index is 12.8. The Morgan fingerprint density at radius 2 is 1.92 bits per heavy atom. The Kier molecular flexibility index (Phi) is 7.13. The van der Waals surface area contributed by atoms with Crippen LogP contribution in [-0.4, -0.2) is 23.9 Å². The minimum Gasteiger partial charge on any atom is -0.338 e. The Morgan fingerprint density at radius 1 is 1.21 bits per heavy atom. The molecular formula is C22H37NO. The Hall–Kier alpha value is -1.05. The second-order valence-electron chi connectivity index (χ2n) is 7.83. The van der Waals surface area contributed by atoms with Crippen molar-refractivity contribution in [2.24, 2.45) is 17.3 Å². The highest BCUT2D eigenvalue weighted by atomic mass is 16.2. The second-order valence-corrected chi connectivity index (χ2v) is 7.83. The fourth-order valence-electron chi connectivity index (χ4n) is 3.63. The molecule has 136 valence electrons. The van der Waals surface area contributed by atoms with Gasteiger partial charge in [0.2, 0.25) is 5.91 Å². The first-order valence-electron chi connectivity index (χ1n) is 10.3. The highest BCUT2D eigenvalue weighted by molar-refractivity contribution is 5.85. The Labute approximate surface area is 149 Å². The first kappa shape index (κ1) is 19.3. The molecule has 3 aliphatic carbocycles. The van der Waals surface area contributed by atoms with Gasteiger partial charge in [-0.05, 0) is 43.1 Å². The molecule has 0 saturated heterocycles. The van der Waals surface area contributed by atoms with Crippen LogP contribution < -0.4 is 0 Å². The predicted molar refractivity (Wildman–Crippen MR) is 103 cm³/mol. The first-order chi connectivity index (χ1) is 11.6. The van der Waals surface area contributed by atoms with Gasteiger partial charge in [-0.3, -0.25) is 4.79 Å². The molecule has 0 aromatic carbocycles. The number of hydrogen-bond acceptors (Lipinski definition) is 1. The monoisotopic (exact) mass is 331 g/mol. The van der Waals surface area contributed by atoms with Gasteiger partial charge in [-0.2, -0.15) is 0 Å². The van der Waals surface area contributed by atoms with Crippen LogP contribution in [0, 0.1) is 17.3 Å². The van der Waals surface area contributed by atoms with E-state index in [4.69, 9.17) is 0 Å². The van der Waals surface area contributed by atoms with Crippen LogP contribution in [0.25, 0.3) is 0 Å². The van der Waals surface area contributed by atoms with E-state index >= 15 is 0 Å². The molecule has 1 amide bonds. The number of rotatable bonds is 9. The minimum atomic E-state index is -0.0303. The van der Waals surface area contributed by atoms with Gasteiger partial charge in [0.15, 0.2) is 0 Å². The van der Waals surface area contributed by atoms with Gasteiger partial charge in [0.1, 0.15) is 0 Å². The maximum atomic E-state index is 12.8. The Bertz CT molecular complexity index is 472. The van der Waals surface area contributed by atoms with Crippen molar-refractivity contribution in [3.63, 3.8) is 0 Å². The topological polar surface area (TPSA) is 20.3 Å². The van der Waals surface area contributed by atoms with Crippen molar-refractivity contribution in [2.75, 3.05) is 13.1 Å². The summed E-state index contributed by atoms with van der Waals surface area (Å²) in [5.74, 6) is 1.93. The molecule has 2 saturated carbocycles. The fraction of sp³-hybridized carbons (Fsp3) is 0.773. The van der Waals surface area contributed by atoms with E-state index < -0.39 is 0 Å². The minimum absolute atomic E-state index is 0.0303. The van der Waals surface area contributed by atoms with Crippen molar-refractivity contribution >= 4 is 5.91 Å². The van der Waals surface area contributed by atoms with E-state index in [2.05, 4.69) is 37.0 Å². The molecule has 24 heavy (non-hydrogen) atoms. The summed E-state index contributed by atoms with van der Waals surface area (Å²) in [5.41, 5.74) is 1.47. The summed E-state index contributed by atoms with van der Waals surface area (Å²) >= 11 is 0. The normalized spacial score (nSPS) is 25.1. The van der Waals surface area contributed by atoms with Crippen molar-refractivity contribution in [1.29, 1.82) is 0 Å². The molecule has 2 nitrogen and oxygen atoms in total. The number of amides is 1. The van der Waals surface area contributed by atoms with Crippen LogP contribution in [0.1, 0.15) is 79.1 Å². The van der Waals surface area contributed by atoms with Crippen molar-refractivity contribution < 1.29 is 4.79 Å². The number of fused-ring (bicyclic) bond motifs is 1. The molecule has 0 heterocycles. The summed E-state index contributed by atoms with van der Waals surface area (Å²) in [6.07, 6.45) is 16.6. The van der Waals surface area contributed by atoms with Gasteiger partial charge in [0.25, 0.3) is 0 Å². The van der Waals surface area contributed by atoms with E-state index in [-0.39, 0.29) is 5.41 Å². The SMILES string of the molecule is CC.CCCCCCCN(CC1=CC=CC2CC12)C(=O)C1(C)CC1. The lowest BCUT2D eigenvalue weighted by Gasteiger charge is -2.27. The van der Waals surface area contributed by atoms with Gasteiger partial charge < -0.3 is 4.90 Å². The number of carbonyl (C=O) groups excluding carboxylic acids is 1. The lowest BCUT2D eigenvalue weighted by atomic mass is 10.0. The highest BCUT2D eigenvalue weighted by Crippen LogP contribution is 2.49. The van der Waals surface area contributed by atoms with Gasteiger partial charge >= 0.3 is 0 Å². The van der Waals surface area contributed by atoms with E-state index in [1.165, 1.54) is 44.1 Å². The third-order valence-corrected chi connectivity index (χ3v) is 5.69. The number of unbranched alkanes of at least 4 members (excludes halogenated alkanes) is 4. The van der Waals surface area contributed by atoms with Crippen molar-refractivity contribution in [3.05, 3.63) is 23.8 Å². The largest absolute Gasteiger partial charge is 0.338 e. The predicted octanol–water partition coefficient (Wildman–Crippen LogP) is 5.74. The molecule has 2 atom stereocenters. The summed E-state index contributed by atoms with van der Waals surface area (Å²) in [6.45, 7) is 10.2. The summed E-state index contributed by atoms with van der Waals surface area (Å²) < 4.78 is 0. The van der Waals surface area contributed by atoms with Crippen LogP contribution in [0.4, 0.5) is 0 Å². The molecule has 2 unspecified atom stereocenters. The summed E-state index contributed by atoms with van der Waals surface area (Å²) in [5, 5.41) is 0. The molecule has 0 spiro atoms. The van der Waals surface area contributed by atoms with E-state index in [1.807, 2.05) is 13.8 Å². The van der Waals surface area contributed by atoms with Crippen LogP contribution in [0.2, 0.25) is 0 Å². The van der Waals surface area contributed by atoms with Gasteiger partial charge in [-0.25, -0.2) is 0 Å². The maximum Gasteiger partial charge on any atom is 0.228 e. The summed E-state index contributed by atoms with van der Waals surface area (Å²) in [7, 11) is 0. The van der Waals surface area contributed by atoms with Crippen LogP contribution in [0.3, 0.4) is 0 Å². The zero-order valence-electron chi connectivity index (χ0n) is 16.3. The van der Waals surface area contributed by atoms with Crippen LogP contribution in [0.15, 0.2) is 23.8 Å². The van der Waals surface area contributed by atoms with Crippen LogP contribution >= 0.6 is 0 Å². The van der Waals surface area contributed by atoms with E-state index in [0.29, 0.717) is 5.91 Å². The highest BCUT2D eigenvalue weighted by Gasteiger charge is 2.48. The molecule has 0 aliphatic heterocycles. The third kappa shape index (κ3) is 4.97. The molecule has 0 aromatic heterocycles. The smallest absolute Gasteiger partial charge is 0.228 e. The van der Waals surface area contributed by atoms with Gasteiger partial charge in [-0.15, -0.1) is 0 Å². The van der Waals surface area contributed by atoms with Crippen molar-refractivity contribution in [2.45, 2.75) is 79.1 Å². The molecule has 0 aromatic rings. The quantitative estimate of drug-likeness (QED) is 0.493. The zero-order valence-corrected chi connectivity index (χ0v) is 16.3. The average Bonchev–Trinajstić information content (AvgIpc) is 3.51. The number of nitrogens with zero attached hydrogens (tertiary/aromatic N) is 1. The molecule has 0 bridgehead atoms. The number of allylic oxidation sites excluding steroid dienone is 3. The second kappa shape index (κ2) is 8.87. The van der Waals surface area contributed by atoms with E-state index in [0.717, 1.165) is 37.8 Å². The number of carbonyl (C=O) groups is 1. The van der Waals surface area contributed by atoms with Crippen LogP contribution in [0.5, 0.6) is 0 Å². The van der Waals surface area contributed by atoms with Gasteiger partial charge in [0, 0.05) is 18.5 Å². The summed E-state index contributed by atoms with van der Waals surface area (Å²) in [4.78, 5) is 15.0. The first-order valence-corrected chi connectivity index (χ1v) is 10.3. The molecule has 3 rings (SSSR count). The van der Waals surface area contributed by atoms with Crippen molar-refractivity contribution in [3.8, 4) is 0 Å². The molecule has 0 N–H and O–H groups in total. The van der Waals surface area contributed by atoms with Gasteiger partial charge in [-0.1, -0.05) is 71.6 Å². The van der Waals surface area contributed by atoms with E-state index in [9.17, 15) is 4.79 Å². The molecule has 0 radical (unpaired) electrons. The molecule has 3 aliphatic rings. The zero-order chi connectivity index (χ0) is 17.6. The van der Waals surface area contributed by atoms with E-state index in [1.54, 1.807) is 0 Å². The molecule has 2 fully saturated rings. The molecular weight excluding hydrogens is 294 g/mol. The summed E-state index contributed by atoms with van der Waals surface area (Å²) in [6, 6.07) is 0. The molecule has 2 heteroatoms. The van der Waals surface area contributed by atoms with Crippen molar-refractivity contribution in [1.82, 2.24) is 4.90 Å². The lowest BCUT2D eigenvalue weighted by Crippen LogP contribution is -2.38. The Morgan fingerprint density at radius 3 is 2.58 bits per heavy atom. The standard InChI is InChI=1S/C20H31NO.C2H6/c1-3-4-5-6-7-13-21(19(22)20(2)11-12-20)15-17-10-8-9-16-14-18(16)17;1-2/h8-10,16,18H,3-7,11-15H2,1-2H3;1-2H3.